The fraction of sp³-hybridized carbons (Fsp3) is 0.391. The maximum Gasteiger partial charge on any atom is 0.244 e. The van der Waals surface area contributed by atoms with Crippen LogP contribution in [0.5, 0.6) is 0 Å². The zero-order valence-corrected chi connectivity index (χ0v) is 20.0. The van der Waals surface area contributed by atoms with Gasteiger partial charge in [0.2, 0.25) is 21.8 Å². The first-order valence-electron chi connectivity index (χ1n) is 10.5. The summed E-state index contributed by atoms with van der Waals surface area (Å²) in [4.78, 5) is 27.4. The number of hydrogen-bond donors (Lipinski definition) is 1. The van der Waals surface area contributed by atoms with E-state index in [2.05, 4.69) is 5.32 Å². The highest BCUT2D eigenvalue weighted by Gasteiger charge is 2.31. The fourth-order valence-corrected chi connectivity index (χ4v) is 4.31. The third-order valence-corrected chi connectivity index (χ3v) is 6.18. The van der Waals surface area contributed by atoms with Gasteiger partial charge in [-0.05, 0) is 38.0 Å². The van der Waals surface area contributed by atoms with Crippen LogP contribution in [0.25, 0.3) is 0 Å². The Hall–Kier alpha value is -3.01. The molecule has 1 unspecified atom stereocenters. The zero-order valence-electron chi connectivity index (χ0n) is 19.1. The summed E-state index contributed by atoms with van der Waals surface area (Å²) in [5.41, 5.74) is 1.54. The third-order valence-electron chi connectivity index (χ3n) is 5.04. The number of nitrogens with zero attached hydrogens (tertiary/aromatic N) is 2. The third kappa shape index (κ3) is 6.98. The summed E-state index contributed by atoms with van der Waals surface area (Å²) in [7, 11) is -4.02. The standard InChI is InChI=1S/C23H29F2N3O4S/c1-5-21(23(30)26-6-2)27(14-17-9-7-8-16(3)12-17)22(29)15-28(33(4,31)32)18-10-11-19(24)20(25)13-18/h7-13,21H,5-6,14-15H2,1-4H3,(H,26,30). The van der Waals surface area contributed by atoms with Crippen molar-refractivity contribution in [1.29, 1.82) is 0 Å². The first kappa shape index (κ1) is 26.2. The van der Waals surface area contributed by atoms with Crippen molar-refractivity contribution in [2.45, 2.75) is 39.8 Å². The molecule has 0 aromatic heterocycles. The normalized spacial score (nSPS) is 12.2. The summed E-state index contributed by atoms with van der Waals surface area (Å²) in [6, 6.07) is 9.14. The molecule has 0 saturated heterocycles. The summed E-state index contributed by atoms with van der Waals surface area (Å²) >= 11 is 0. The van der Waals surface area contributed by atoms with E-state index in [0.29, 0.717) is 17.3 Å². The number of rotatable bonds is 10. The van der Waals surface area contributed by atoms with E-state index >= 15 is 0 Å². The smallest absolute Gasteiger partial charge is 0.244 e. The number of aryl methyl sites for hydroxylation is 1. The minimum Gasteiger partial charge on any atom is -0.355 e. The van der Waals surface area contributed by atoms with Crippen LogP contribution in [0.4, 0.5) is 14.5 Å². The Kier molecular flexibility index (Phi) is 8.92. The SMILES string of the molecule is CCNC(=O)C(CC)N(Cc1cccc(C)c1)C(=O)CN(c1ccc(F)c(F)c1)S(C)(=O)=O. The van der Waals surface area contributed by atoms with E-state index in [9.17, 15) is 26.8 Å². The molecular weight excluding hydrogens is 452 g/mol. The Bertz CT molecular complexity index is 1110. The number of carbonyl (C=O) groups is 2. The van der Waals surface area contributed by atoms with Crippen molar-refractivity contribution in [1.82, 2.24) is 10.2 Å². The summed E-state index contributed by atoms with van der Waals surface area (Å²) in [6.45, 7) is 5.17. The lowest BCUT2D eigenvalue weighted by Gasteiger charge is -2.32. The summed E-state index contributed by atoms with van der Waals surface area (Å²) in [5.74, 6) is -3.38. The molecule has 0 saturated carbocycles. The van der Waals surface area contributed by atoms with E-state index in [0.717, 1.165) is 35.6 Å². The van der Waals surface area contributed by atoms with Gasteiger partial charge in [-0.1, -0.05) is 36.8 Å². The molecular formula is C23H29F2N3O4S. The maximum atomic E-state index is 13.8. The van der Waals surface area contributed by atoms with Crippen LogP contribution in [-0.2, 0) is 26.2 Å². The fourth-order valence-electron chi connectivity index (χ4n) is 3.47. The lowest BCUT2D eigenvalue weighted by molar-refractivity contribution is -0.140. The summed E-state index contributed by atoms with van der Waals surface area (Å²) in [6.07, 6.45) is 1.17. The van der Waals surface area contributed by atoms with Gasteiger partial charge in [0.15, 0.2) is 11.6 Å². The molecule has 2 amide bonds. The second-order valence-corrected chi connectivity index (χ2v) is 9.60. The average molecular weight is 482 g/mol. The number of likely N-dealkylation sites (N-methyl/N-ethyl adjacent to an activating group) is 1. The number of hydrogen-bond acceptors (Lipinski definition) is 4. The Morgan fingerprint density at radius 1 is 1.06 bits per heavy atom. The van der Waals surface area contributed by atoms with Crippen molar-refractivity contribution in [3.05, 3.63) is 65.2 Å². The second-order valence-electron chi connectivity index (χ2n) is 7.70. The Morgan fingerprint density at radius 3 is 2.30 bits per heavy atom. The van der Waals surface area contributed by atoms with Crippen LogP contribution < -0.4 is 9.62 Å². The maximum absolute atomic E-state index is 13.8. The molecule has 0 aliphatic heterocycles. The van der Waals surface area contributed by atoms with Crippen LogP contribution >= 0.6 is 0 Å². The van der Waals surface area contributed by atoms with E-state index in [1.54, 1.807) is 19.9 Å². The Balaban J connectivity index is 2.45. The van der Waals surface area contributed by atoms with Crippen LogP contribution in [0.2, 0.25) is 0 Å². The van der Waals surface area contributed by atoms with Gasteiger partial charge in [0, 0.05) is 19.2 Å². The van der Waals surface area contributed by atoms with Gasteiger partial charge in [-0.3, -0.25) is 13.9 Å². The van der Waals surface area contributed by atoms with E-state index in [4.69, 9.17) is 0 Å². The summed E-state index contributed by atoms with van der Waals surface area (Å²) < 4.78 is 52.7. The van der Waals surface area contributed by atoms with Gasteiger partial charge in [0.1, 0.15) is 12.6 Å². The molecule has 1 atom stereocenters. The number of sulfonamides is 1. The Labute approximate surface area is 193 Å². The predicted molar refractivity (Wildman–Crippen MR) is 123 cm³/mol. The van der Waals surface area contributed by atoms with Crippen LogP contribution in [0.15, 0.2) is 42.5 Å². The first-order valence-corrected chi connectivity index (χ1v) is 12.4. The molecule has 33 heavy (non-hydrogen) atoms. The molecule has 10 heteroatoms. The topological polar surface area (TPSA) is 86.8 Å². The highest BCUT2D eigenvalue weighted by atomic mass is 32.2. The van der Waals surface area contributed by atoms with Gasteiger partial charge < -0.3 is 10.2 Å². The molecule has 2 rings (SSSR count). The Morgan fingerprint density at radius 2 is 1.76 bits per heavy atom. The van der Waals surface area contributed by atoms with Gasteiger partial charge in [0.25, 0.3) is 0 Å². The van der Waals surface area contributed by atoms with Crippen LogP contribution in [0.3, 0.4) is 0 Å². The molecule has 0 heterocycles. The van der Waals surface area contributed by atoms with E-state index < -0.39 is 40.2 Å². The van der Waals surface area contributed by atoms with Crippen molar-refractivity contribution >= 4 is 27.5 Å². The lowest BCUT2D eigenvalue weighted by atomic mass is 10.1. The molecule has 0 bridgehead atoms. The van der Waals surface area contributed by atoms with Crippen LogP contribution in [0.1, 0.15) is 31.4 Å². The number of anilines is 1. The number of halogens is 2. The number of amides is 2. The molecule has 0 radical (unpaired) electrons. The minimum atomic E-state index is -4.02. The molecule has 2 aromatic carbocycles. The van der Waals surface area contributed by atoms with E-state index in [1.807, 2.05) is 25.1 Å². The minimum absolute atomic E-state index is 0.0749. The highest BCUT2D eigenvalue weighted by molar-refractivity contribution is 7.92. The van der Waals surface area contributed by atoms with Gasteiger partial charge in [-0.15, -0.1) is 0 Å². The van der Waals surface area contributed by atoms with Gasteiger partial charge in [-0.2, -0.15) is 0 Å². The van der Waals surface area contributed by atoms with Gasteiger partial charge in [-0.25, -0.2) is 17.2 Å². The van der Waals surface area contributed by atoms with Gasteiger partial charge >= 0.3 is 0 Å². The van der Waals surface area contributed by atoms with Crippen LogP contribution in [0, 0.1) is 18.6 Å². The lowest BCUT2D eigenvalue weighted by Crippen LogP contribution is -2.52. The number of nitrogens with one attached hydrogen (secondary N) is 1. The first-order chi connectivity index (χ1) is 15.5. The largest absolute Gasteiger partial charge is 0.355 e. The number of carbonyl (C=O) groups excluding carboxylic acids is 2. The van der Waals surface area contributed by atoms with Crippen LogP contribution in [-0.4, -0.2) is 50.5 Å². The van der Waals surface area contributed by atoms with Crippen molar-refractivity contribution in [2.24, 2.45) is 0 Å². The van der Waals surface area contributed by atoms with Crippen molar-refractivity contribution < 1.29 is 26.8 Å². The predicted octanol–water partition coefficient (Wildman–Crippen LogP) is 2.98. The highest BCUT2D eigenvalue weighted by Crippen LogP contribution is 2.22. The monoisotopic (exact) mass is 481 g/mol. The second kappa shape index (κ2) is 11.2. The summed E-state index contributed by atoms with van der Waals surface area (Å²) in [5, 5.41) is 2.70. The van der Waals surface area contributed by atoms with Crippen molar-refractivity contribution in [3.63, 3.8) is 0 Å². The molecule has 1 N–H and O–H groups in total. The molecule has 0 fully saturated rings. The molecule has 0 spiro atoms. The molecule has 7 nitrogen and oxygen atoms in total. The van der Waals surface area contributed by atoms with E-state index in [1.165, 1.54) is 4.90 Å². The number of benzene rings is 2. The quantitative estimate of drug-likeness (QED) is 0.565. The average Bonchev–Trinajstić information content (AvgIpc) is 2.73. The zero-order chi connectivity index (χ0) is 24.8. The molecule has 0 aliphatic rings. The van der Waals surface area contributed by atoms with Crippen molar-refractivity contribution in [3.8, 4) is 0 Å². The molecule has 0 aliphatic carbocycles. The van der Waals surface area contributed by atoms with Gasteiger partial charge in [0.05, 0.1) is 11.9 Å². The molecule has 2 aromatic rings. The molecule has 180 valence electrons. The van der Waals surface area contributed by atoms with Crippen molar-refractivity contribution in [2.75, 3.05) is 23.7 Å². The van der Waals surface area contributed by atoms with E-state index in [-0.39, 0.29) is 18.1 Å².